The smallest absolute Gasteiger partial charge is 0.335 e. The number of carboxylic acid groups (broad SMARTS) is 1. The molecule has 0 spiro atoms. The Kier molecular flexibility index (Phi) is 3.06. The van der Waals surface area contributed by atoms with Gasteiger partial charge >= 0.3 is 5.97 Å². The van der Waals surface area contributed by atoms with Gasteiger partial charge in [-0.15, -0.1) is 0 Å². The van der Waals surface area contributed by atoms with Gasteiger partial charge in [0.2, 0.25) is 0 Å². The highest BCUT2D eigenvalue weighted by Crippen LogP contribution is 2.34. The van der Waals surface area contributed by atoms with Crippen LogP contribution in [0.4, 0.5) is 11.4 Å². The summed E-state index contributed by atoms with van der Waals surface area (Å²) < 4.78 is 0. The van der Waals surface area contributed by atoms with Crippen LogP contribution in [-0.2, 0) is 6.42 Å². The first-order chi connectivity index (χ1) is 9.63. The van der Waals surface area contributed by atoms with Crippen molar-refractivity contribution in [3.05, 3.63) is 59.2 Å². The monoisotopic (exact) mass is 268 g/mol. The van der Waals surface area contributed by atoms with Crippen molar-refractivity contribution < 1.29 is 9.90 Å². The quantitative estimate of drug-likeness (QED) is 0.748. The standard InChI is InChI=1S/C16H16N2O2/c17-12-4-7-14-11(9-12)3-8-15(14)18-13-5-1-10(2-6-13)16(19)20/h1-2,4-7,9,15,18H,3,8,17H2,(H,19,20). The predicted octanol–water partition coefficient (Wildman–Crippen LogP) is 3.07. The number of hydrogen-bond donors (Lipinski definition) is 3. The zero-order chi connectivity index (χ0) is 14.1. The first kappa shape index (κ1) is 12.5. The Bertz CT molecular complexity index is 650. The number of fused-ring (bicyclic) bond motifs is 1. The van der Waals surface area contributed by atoms with Gasteiger partial charge in [0, 0.05) is 11.4 Å². The fourth-order valence-electron chi connectivity index (χ4n) is 2.70. The van der Waals surface area contributed by atoms with Gasteiger partial charge in [0.1, 0.15) is 0 Å². The zero-order valence-corrected chi connectivity index (χ0v) is 11.0. The molecule has 0 radical (unpaired) electrons. The van der Waals surface area contributed by atoms with E-state index in [4.69, 9.17) is 10.8 Å². The maximum Gasteiger partial charge on any atom is 0.335 e. The van der Waals surface area contributed by atoms with Crippen molar-refractivity contribution in [2.24, 2.45) is 0 Å². The van der Waals surface area contributed by atoms with Gasteiger partial charge in [0.25, 0.3) is 0 Å². The van der Waals surface area contributed by atoms with Crippen molar-refractivity contribution in [3.8, 4) is 0 Å². The van der Waals surface area contributed by atoms with Gasteiger partial charge < -0.3 is 16.2 Å². The average Bonchev–Trinajstić information content (AvgIpc) is 2.81. The molecule has 0 bridgehead atoms. The highest BCUT2D eigenvalue weighted by atomic mass is 16.4. The van der Waals surface area contributed by atoms with Crippen molar-refractivity contribution in [3.63, 3.8) is 0 Å². The van der Waals surface area contributed by atoms with Gasteiger partial charge in [-0.05, 0) is 60.4 Å². The normalized spacial score (nSPS) is 16.7. The maximum atomic E-state index is 10.8. The van der Waals surface area contributed by atoms with E-state index in [0.717, 1.165) is 24.2 Å². The van der Waals surface area contributed by atoms with E-state index in [9.17, 15) is 4.79 Å². The lowest BCUT2D eigenvalue weighted by Gasteiger charge is -2.15. The number of anilines is 2. The maximum absolute atomic E-state index is 10.8. The number of carboxylic acids is 1. The van der Waals surface area contributed by atoms with Crippen LogP contribution in [-0.4, -0.2) is 11.1 Å². The summed E-state index contributed by atoms with van der Waals surface area (Å²) in [6.07, 6.45) is 2.05. The second kappa shape index (κ2) is 4.89. The molecule has 20 heavy (non-hydrogen) atoms. The molecular formula is C16H16N2O2. The first-order valence-corrected chi connectivity index (χ1v) is 6.61. The average molecular weight is 268 g/mol. The predicted molar refractivity (Wildman–Crippen MR) is 78.9 cm³/mol. The third-order valence-electron chi connectivity index (χ3n) is 3.72. The molecule has 4 heteroatoms. The largest absolute Gasteiger partial charge is 0.478 e. The third kappa shape index (κ3) is 2.32. The first-order valence-electron chi connectivity index (χ1n) is 6.61. The van der Waals surface area contributed by atoms with E-state index in [0.29, 0.717) is 5.56 Å². The molecule has 1 unspecified atom stereocenters. The third-order valence-corrected chi connectivity index (χ3v) is 3.72. The molecule has 1 aliphatic carbocycles. The van der Waals surface area contributed by atoms with E-state index in [-0.39, 0.29) is 6.04 Å². The van der Waals surface area contributed by atoms with Gasteiger partial charge in [-0.3, -0.25) is 0 Å². The Hall–Kier alpha value is -2.49. The summed E-state index contributed by atoms with van der Waals surface area (Å²) in [4.78, 5) is 10.8. The fourth-order valence-corrected chi connectivity index (χ4v) is 2.70. The summed E-state index contributed by atoms with van der Waals surface area (Å²) in [5, 5.41) is 12.3. The van der Waals surface area contributed by atoms with Gasteiger partial charge in [0.15, 0.2) is 0 Å². The fraction of sp³-hybridized carbons (Fsp3) is 0.188. The van der Waals surface area contributed by atoms with E-state index in [1.807, 2.05) is 12.1 Å². The number of aryl methyl sites for hydroxylation is 1. The molecule has 4 nitrogen and oxygen atoms in total. The summed E-state index contributed by atoms with van der Waals surface area (Å²) in [7, 11) is 0. The zero-order valence-electron chi connectivity index (χ0n) is 11.0. The Morgan fingerprint density at radius 3 is 2.65 bits per heavy atom. The van der Waals surface area contributed by atoms with Crippen molar-refractivity contribution in [2.75, 3.05) is 11.1 Å². The molecule has 0 heterocycles. The van der Waals surface area contributed by atoms with Crippen LogP contribution in [0.1, 0.15) is 33.9 Å². The summed E-state index contributed by atoms with van der Waals surface area (Å²) >= 11 is 0. The molecule has 2 aromatic carbocycles. The molecule has 4 N–H and O–H groups in total. The molecule has 0 saturated heterocycles. The van der Waals surface area contributed by atoms with E-state index in [1.54, 1.807) is 24.3 Å². The van der Waals surface area contributed by atoms with Crippen LogP contribution in [0.15, 0.2) is 42.5 Å². The molecule has 2 aromatic rings. The lowest BCUT2D eigenvalue weighted by atomic mass is 10.1. The number of carbonyl (C=O) groups is 1. The Morgan fingerprint density at radius 2 is 1.95 bits per heavy atom. The molecule has 1 aliphatic rings. The lowest BCUT2D eigenvalue weighted by Crippen LogP contribution is -2.07. The summed E-state index contributed by atoms with van der Waals surface area (Å²) in [6.45, 7) is 0. The van der Waals surface area contributed by atoms with Crippen LogP contribution in [0.3, 0.4) is 0 Å². The van der Waals surface area contributed by atoms with Gasteiger partial charge in [-0.2, -0.15) is 0 Å². The van der Waals surface area contributed by atoms with Crippen LogP contribution in [0.2, 0.25) is 0 Å². The Labute approximate surface area is 117 Å². The van der Waals surface area contributed by atoms with Gasteiger partial charge in [0.05, 0.1) is 11.6 Å². The van der Waals surface area contributed by atoms with Crippen molar-refractivity contribution in [1.82, 2.24) is 0 Å². The van der Waals surface area contributed by atoms with E-state index < -0.39 is 5.97 Å². The van der Waals surface area contributed by atoms with E-state index >= 15 is 0 Å². The van der Waals surface area contributed by atoms with Crippen LogP contribution >= 0.6 is 0 Å². The Morgan fingerprint density at radius 1 is 1.20 bits per heavy atom. The number of aromatic carboxylic acids is 1. The van der Waals surface area contributed by atoms with Crippen molar-refractivity contribution in [1.29, 1.82) is 0 Å². The number of nitrogen functional groups attached to an aromatic ring is 1. The number of nitrogens with two attached hydrogens (primary N) is 1. The van der Waals surface area contributed by atoms with Gasteiger partial charge in [-0.1, -0.05) is 6.07 Å². The van der Waals surface area contributed by atoms with Crippen molar-refractivity contribution >= 4 is 17.3 Å². The minimum Gasteiger partial charge on any atom is -0.478 e. The number of rotatable bonds is 3. The summed E-state index contributed by atoms with van der Waals surface area (Å²) in [5.41, 5.74) is 10.4. The van der Waals surface area contributed by atoms with E-state index in [2.05, 4.69) is 11.4 Å². The molecule has 1 atom stereocenters. The number of hydrogen-bond acceptors (Lipinski definition) is 3. The molecule has 0 saturated carbocycles. The number of benzene rings is 2. The topological polar surface area (TPSA) is 75.3 Å². The molecule has 0 aliphatic heterocycles. The molecular weight excluding hydrogens is 252 g/mol. The molecule has 3 rings (SSSR count). The van der Waals surface area contributed by atoms with Crippen LogP contribution in [0, 0.1) is 0 Å². The van der Waals surface area contributed by atoms with Crippen molar-refractivity contribution in [2.45, 2.75) is 18.9 Å². The second-order valence-corrected chi connectivity index (χ2v) is 5.08. The molecule has 0 amide bonds. The SMILES string of the molecule is Nc1ccc2c(c1)CCC2Nc1ccc(C(=O)O)cc1. The van der Waals surface area contributed by atoms with Crippen LogP contribution in [0.25, 0.3) is 0 Å². The summed E-state index contributed by atoms with van der Waals surface area (Å²) in [5.74, 6) is -0.904. The summed E-state index contributed by atoms with van der Waals surface area (Å²) in [6, 6.07) is 13.1. The molecule has 0 aromatic heterocycles. The van der Waals surface area contributed by atoms with Crippen LogP contribution < -0.4 is 11.1 Å². The van der Waals surface area contributed by atoms with Gasteiger partial charge in [-0.25, -0.2) is 4.79 Å². The molecule has 0 fully saturated rings. The highest BCUT2D eigenvalue weighted by molar-refractivity contribution is 5.88. The minimum atomic E-state index is -0.904. The highest BCUT2D eigenvalue weighted by Gasteiger charge is 2.22. The number of nitrogens with one attached hydrogen (secondary N) is 1. The minimum absolute atomic E-state index is 0.265. The Balaban J connectivity index is 1.78. The van der Waals surface area contributed by atoms with E-state index in [1.165, 1.54) is 11.1 Å². The van der Waals surface area contributed by atoms with Crippen LogP contribution in [0.5, 0.6) is 0 Å². The second-order valence-electron chi connectivity index (χ2n) is 5.08. The lowest BCUT2D eigenvalue weighted by molar-refractivity contribution is 0.0697. The molecule has 102 valence electrons.